The smallest absolute Gasteiger partial charge is 0.0534 e. The summed E-state index contributed by atoms with van der Waals surface area (Å²) in [5, 5.41) is 0. The molecule has 2 aliphatic heterocycles. The van der Waals surface area contributed by atoms with Gasteiger partial charge in [-0.05, 0) is 32.2 Å². The minimum atomic E-state index is 0.478. The van der Waals surface area contributed by atoms with E-state index in [1.807, 2.05) is 0 Å². The minimum Gasteiger partial charge on any atom is -0.381 e. The third-order valence-electron chi connectivity index (χ3n) is 3.59. The van der Waals surface area contributed by atoms with Crippen LogP contribution in [0.5, 0.6) is 0 Å². The van der Waals surface area contributed by atoms with E-state index in [0.29, 0.717) is 5.41 Å². The third-order valence-corrected chi connectivity index (χ3v) is 3.59. The number of hydrogen-bond donors (Lipinski definition) is 1. The molecule has 0 aromatic heterocycles. The van der Waals surface area contributed by atoms with Crippen LogP contribution in [0.2, 0.25) is 0 Å². The Balaban J connectivity index is 1.91. The SMILES string of the molecule is NCCN1CCCC2(CCCOC2)C1. The van der Waals surface area contributed by atoms with E-state index in [4.69, 9.17) is 10.5 Å². The van der Waals surface area contributed by atoms with Gasteiger partial charge in [-0.3, -0.25) is 0 Å². The molecule has 2 aliphatic rings. The van der Waals surface area contributed by atoms with E-state index in [1.54, 1.807) is 0 Å². The van der Waals surface area contributed by atoms with Crippen molar-refractivity contribution in [3.05, 3.63) is 0 Å². The summed E-state index contributed by atoms with van der Waals surface area (Å²) in [4.78, 5) is 2.51. The van der Waals surface area contributed by atoms with E-state index in [-0.39, 0.29) is 0 Å². The Morgan fingerprint density at radius 1 is 1.29 bits per heavy atom. The molecule has 82 valence electrons. The standard InChI is InChI=1S/C11H22N2O/c12-5-7-13-6-1-3-11(9-13)4-2-8-14-10-11/h1-10,12H2. The van der Waals surface area contributed by atoms with Gasteiger partial charge >= 0.3 is 0 Å². The van der Waals surface area contributed by atoms with Crippen LogP contribution < -0.4 is 5.73 Å². The molecule has 0 saturated carbocycles. The van der Waals surface area contributed by atoms with E-state index in [1.165, 1.54) is 38.8 Å². The maximum absolute atomic E-state index is 5.63. The summed E-state index contributed by atoms with van der Waals surface area (Å²) in [6.45, 7) is 6.24. The number of hydrogen-bond acceptors (Lipinski definition) is 3. The lowest BCUT2D eigenvalue weighted by Crippen LogP contribution is -2.48. The van der Waals surface area contributed by atoms with Crippen molar-refractivity contribution in [3.8, 4) is 0 Å². The fourth-order valence-corrected chi connectivity index (χ4v) is 2.92. The third kappa shape index (κ3) is 2.27. The van der Waals surface area contributed by atoms with Crippen molar-refractivity contribution in [3.63, 3.8) is 0 Å². The second-order valence-electron chi connectivity index (χ2n) is 4.82. The quantitative estimate of drug-likeness (QED) is 0.714. The van der Waals surface area contributed by atoms with Gasteiger partial charge < -0.3 is 15.4 Å². The van der Waals surface area contributed by atoms with Gasteiger partial charge in [0, 0.05) is 31.7 Å². The van der Waals surface area contributed by atoms with Crippen molar-refractivity contribution in [1.82, 2.24) is 4.90 Å². The fourth-order valence-electron chi connectivity index (χ4n) is 2.92. The molecule has 1 atom stereocenters. The largest absolute Gasteiger partial charge is 0.381 e. The highest BCUT2D eigenvalue weighted by atomic mass is 16.5. The summed E-state index contributed by atoms with van der Waals surface area (Å²) in [7, 11) is 0. The molecule has 3 nitrogen and oxygen atoms in total. The first-order chi connectivity index (χ1) is 6.85. The highest BCUT2D eigenvalue weighted by Gasteiger charge is 2.36. The lowest BCUT2D eigenvalue weighted by Gasteiger charge is -2.44. The maximum atomic E-state index is 5.63. The second-order valence-corrected chi connectivity index (χ2v) is 4.82. The van der Waals surface area contributed by atoms with Crippen LogP contribution in [0, 0.1) is 5.41 Å². The lowest BCUT2D eigenvalue weighted by molar-refractivity contribution is -0.0482. The Morgan fingerprint density at radius 3 is 2.86 bits per heavy atom. The van der Waals surface area contributed by atoms with Crippen LogP contribution in [-0.2, 0) is 4.74 Å². The van der Waals surface area contributed by atoms with Crippen LogP contribution in [0.15, 0.2) is 0 Å². The zero-order valence-electron chi connectivity index (χ0n) is 9.00. The molecule has 14 heavy (non-hydrogen) atoms. The molecule has 0 amide bonds. The van der Waals surface area contributed by atoms with Gasteiger partial charge in [0.15, 0.2) is 0 Å². The average molecular weight is 198 g/mol. The van der Waals surface area contributed by atoms with Crippen molar-refractivity contribution >= 4 is 0 Å². The molecule has 0 radical (unpaired) electrons. The summed E-state index contributed by atoms with van der Waals surface area (Å²) in [5.41, 5.74) is 6.08. The Labute approximate surface area is 86.6 Å². The van der Waals surface area contributed by atoms with Crippen molar-refractivity contribution in [2.75, 3.05) is 39.4 Å². The molecule has 2 N–H and O–H groups in total. The Bertz CT molecular complexity index is 171. The minimum absolute atomic E-state index is 0.478. The maximum Gasteiger partial charge on any atom is 0.0534 e. The van der Waals surface area contributed by atoms with Gasteiger partial charge in [-0.1, -0.05) is 0 Å². The molecular formula is C11H22N2O. The normalized spacial score (nSPS) is 34.9. The molecule has 2 rings (SSSR count). The zero-order valence-corrected chi connectivity index (χ0v) is 9.00. The van der Waals surface area contributed by atoms with Gasteiger partial charge in [0.2, 0.25) is 0 Å². The Morgan fingerprint density at radius 2 is 2.14 bits per heavy atom. The highest BCUT2D eigenvalue weighted by molar-refractivity contribution is 4.88. The first-order valence-electron chi connectivity index (χ1n) is 5.85. The topological polar surface area (TPSA) is 38.5 Å². The lowest BCUT2D eigenvalue weighted by atomic mass is 9.76. The van der Waals surface area contributed by atoms with Crippen LogP contribution in [0.3, 0.4) is 0 Å². The molecule has 1 spiro atoms. The van der Waals surface area contributed by atoms with E-state index >= 15 is 0 Å². The number of nitrogens with zero attached hydrogens (tertiary/aromatic N) is 1. The number of ether oxygens (including phenoxy) is 1. The predicted molar refractivity (Wildman–Crippen MR) is 57.2 cm³/mol. The van der Waals surface area contributed by atoms with Gasteiger partial charge in [-0.2, -0.15) is 0 Å². The van der Waals surface area contributed by atoms with Crippen molar-refractivity contribution in [1.29, 1.82) is 0 Å². The van der Waals surface area contributed by atoms with Gasteiger partial charge in [0.1, 0.15) is 0 Å². The predicted octanol–water partition coefficient (Wildman–Crippen LogP) is 0.838. The van der Waals surface area contributed by atoms with E-state index in [0.717, 1.165) is 26.3 Å². The molecule has 0 bridgehead atoms. The zero-order chi connectivity index (χ0) is 9.86. The Hall–Kier alpha value is -0.120. The molecule has 1 unspecified atom stereocenters. The first kappa shape index (κ1) is 10.4. The fraction of sp³-hybridized carbons (Fsp3) is 1.00. The van der Waals surface area contributed by atoms with E-state index in [9.17, 15) is 0 Å². The van der Waals surface area contributed by atoms with Crippen molar-refractivity contribution in [2.45, 2.75) is 25.7 Å². The molecule has 0 aromatic carbocycles. The van der Waals surface area contributed by atoms with Crippen LogP contribution in [0.25, 0.3) is 0 Å². The average Bonchev–Trinajstić information content (AvgIpc) is 2.19. The summed E-state index contributed by atoms with van der Waals surface area (Å²) in [6, 6.07) is 0. The molecule has 2 fully saturated rings. The Kier molecular flexibility index (Phi) is 3.42. The van der Waals surface area contributed by atoms with Crippen molar-refractivity contribution < 1.29 is 4.74 Å². The van der Waals surface area contributed by atoms with Crippen LogP contribution in [0.4, 0.5) is 0 Å². The van der Waals surface area contributed by atoms with Gasteiger partial charge in [-0.15, -0.1) is 0 Å². The first-order valence-corrected chi connectivity index (χ1v) is 5.85. The highest BCUT2D eigenvalue weighted by Crippen LogP contribution is 2.37. The molecule has 2 heterocycles. The van der Waals surface area contributed by atoms with E-state index < -0.39 is 0 Å². The summed E-state index contributed by atoms with van der Waals surface area (Å²) in [5.74, 6) is 0. The van der Waals surface area contributed by atoms with Gasteiger partial charge in [0.05, 0.1) is 6.61 Å². The van der Waals surface area contributed by atoms with Crippen molar-refractivity contribution in [2.24, 2.45) is 11.1 Å². The number of likely N-dealkylation sites (tertiary alicyclic amines) is 1. The number of nitrogens with two attached hydrogens (primary N) is 1. The molecule has 3 heteroatoms. The summed E-state index contributed by atoms with van der Waals surface area (Å²) in [6.07, 6.45) is 5.28. The summed E-state index contributed by atoms with van der Waals surface area (Å²) >= 11 is 0. The van der Waals surface area contributed by atoms with Crippen LogP contribution in [0.1, 0.15) is 25.7 Å². The number of rotatable bonds is 2. The van der Waals surface area contributed by atoms with Gasteiger partial charge in [0.25, 0.3) is 0 Å². The van der Waals surface area contributed by atoms with Crippen LogP contribution in [-0.4, -0.2) is 44.3 Å². The van der Waals surface area contributed by atoms with E-state index in [2.05, 4.69) is 4.90 Å². The summed E-state index contributed by atoms with van der Waals surface area (Å²) < 4.78 is 5.63. The van der Waals surface area contributed by atoms with Crippen LogP contribution >= 0.6 is 0 Å². The monoisotopic (exact) mass is 198 g/mol. The molecular weight excluding hydrogens is 176 g/mol. The molecule has 2 saturated heterocycles. The molecule has 0 aliphatic carbocycles. The van der Waals surface area contributed by atoms with Gasteiger partial charge in [-0.25, -0.2) is 0 Å². The second kappa shape index (κ2) is 4.60. The molecule has 0 aromatic rings. The number of piperidine rings is 1.